The molecule has 13 heavy (non-hydrogen) atoms. The number of hydrogen-bond donors (Lipinski definition) is 1. The lowest BCUT2D eigenvalue weighted by atomic mass is 11.6. The van der Waals surface area contributed by atoms with Gasteiger partial charge in [-0.05, 0) is 52.2 Å². The highest BCUT2D eigenvalue weighted by atomic mass is 15.7. The Morgan fingerprint density at radius 1 is 0.769 bits per heavy atom. The van der Waals surface area contributed by atoms with Crippen molar-refractivity contribution in [2.24, 2.45) is 57.3 Å². The van der Waals surface area contributed by atoms with Gasteiger partial charge in [-0.25, -0.2) is 0 Å². The van der Waals surface area contributed by atoms with Crippen LogP contribution in [0, 0.1) is 5.53 Å². The van der Waals surface area contributed by atoms with E-state index in [9.17, 15) is 0 Å². The molecule has 0 aliphatic heterocycles. The first-order valence-electron chi connectivity index (χ1n) is 3.25. The van der Waals surface area contributed by atoms with Crippen LogP contribution in [0.5, 0.6) is 0 Å². The van der Waals surface area contributed by atoms with Crippen LogP contribution in [0.4, 0.5) is 0 Å². The third kappa shape index (κ3) is 9.60. The van der Waals surface area contributed by atoms with Gasteiger partial charge in [-0.1, -0.05) is 0 Å². The van der Waals surface area contributed by atoms with Gasteiger partial charge in [0.1, 0.15) is 0 Å². The smallest absolute Gasteiger partial charge is 0.0510 e. The molecule has 1 N–H and O–H groups in total. The molecule has 12 heteroatoms. The average Bonchev–Trinajstić information content (AvgIpc) is 2.21. The molecule has 0 rings (SSSR count). The summed E-state index contributed by atoms with van der Waals surface area (Å²) in [5.41, 5.74) is 6.15. The summed E-state index contributed by atoms with van der Waals surface area (Å²) in [6.07, 6.45) is 0. The first kappa shape index (κ1) is 8.69. The maximum Gasteiger partial charge on any atom is 0.0510 e. The van der Waals surface area contributed by atoms with Gasteiger partial charge in [0, 0.05) is 1.37 Å². The minimum atomic E-state index is -0.243. The number of nitrogens with one attached hydrogen (secondary N) is 1. The standard InChI is InChI=1S/CH4N12/c1-3-5-7-9-11-13-12-10-8-6-4-2/h2H,1H3/b4-2?,5-3+,8-6+,9-7+,12-10+,13-11+/i1T. The number of rotatable bonds is 5. The van der Waals surface area contributed by atoms with E-state index < -0.39 is 0 Å². The predicted molar refractivity (Wildman–Crippen MR) is 35.4 cm³/mol. The predicted octanol–water partition coefficient (Wildman–Crippen LogP) is 2.48. The fourth-order valence-electron chi connectivity index (χ4n) is 0.174. The van der Waals surface area contributed by atoms with Gasteiger partial charge in [-0.2, -0.15) is 10.6 Å². The summed E-state index contributed by atoms with van der Waals surface area (Å²) in [7, 11) is -0.243. The Balaban J connectivity index is 3.67. The lowest BCUT2D eigenvalue weighted by molar-refractivity contribution is 0.757. The molecule has 0 unspecified atom stereocenters. The second kappa shape index (κ2) is 9.60. The molecule has 0 saturated heterocycles. The molecule has 0 bridgehead atoms. The van der Waals surface area contributed by atoms with Crippen molar-refractivity contribution in [2.45, 2.75) is 0 Å². The first-order valence-corrected chi connectivity index (χ1v) is 2.54. The Morgan fingerprint density at radius 2 is 1.23 bits per heavy atom. The zero-order chi connectivity index (χ0) is 10.5. The molecule has 0 atom stereocenters. The quantitative estimate of drug-likeness (QED) is 0.493. The summed E-state index contributed by atoms with van der Waals surface area (Å²) in [4.78, 5) is 0. The molecule has 0 aliphatic carbocycles. The van der Waals surface area contributed by atoms with Crippen molar-refractivity contribution in [2.75, 3.05) is 7.02 Å². The van der Waals surface area contributed by atoms with E-state index in [1.807, 2.05) is 0 Å². The van der Waals surface area contributed by atoms with Gasteiger partial charge in [0.25, 0.3) is 0 Å². The van der Waals surface area contributed by atoms with Crippen molar-refractivity contribution >= 4 is 0 Å². The SMILES string of the molecule is [3H]C/N=N/N=N/N=N/N=N/N=N/N=N. The van der Waals surface area contributed by atoms with Crippen LogP contribution >= 0.6 is 0 Å². The molecule has 0 aromatic carbocycles. The molecule has 0 aromatic rings. The molecule has 0 aromatic heterocycles. The van der Waals surface area contributed by atoms with Crippen molar-refractivity contribution in [1.82, 2.24) is 0 Å². The second-order valence-electron chi connectivity index (χ2n) is 1.05. The van der Waals surface area contributed by atoms with E-state index in [0.29, 0.717) is 0 Å². The van der Waals surface area contributed by atoms with Gasteiger partial charge < -0.3 is 0 Å². The van der Waals surface area contributed by atoms with E-state index >= 15 is 0 Å². The molecule has 68 valence electrons. The van der Waals surface area contributed by atoms with Crippen LogP contribution in [0.1, 0.15) is 1.37 Å². The van der Waals surface area contributed by atoms with Crippen molar-refractivity contribution in [3.8, 4) is 0 Å². The summed E-state index contributed by atoms with van der Waals surface area (Å²) in [6, 6.07) is 0. The Hall–Kier alpha value is -2.40. The highest BCUT2D eigenvalue weighted by molar-refractivity contribution is 4.11. The molecule has 0 amide bonds. The fraction of sp³-hybridized carbons (Fsp3) is 1.00. The van der Waals surface area contributed by atoms with Gasteiger partial charge in [-0.15, -0.1) is 0 Å². The summed E-state index contributed by atoms with van der Waals surface area (Å²) < 4.78 is 6.52. The van der Waals surface area contributed by atoms with Crippen LogP contribution in [0.15, 0.2) is 57.3 Å². The highest BCUT2D eigenvalue weighted by Crippen LogP contribution is 1.85. The van der Waals surface area contributed by atoms with E-state index in [2.05, 4.69) is 57.3 Å². The van der Waals surface area contributed by atoms with Crippen molar-refractivity contribution in [3.05, 3.63) is 0 Å². The van der Waals surface area contributed by atoms with Crippen molar-refractivity contribution in [3.63, 3.8) is 0 Å². The summed E-state index contributed by atoms with van der Waals surface area (Å²) in [6.45, 7) is 0. The zero-order valence-electron chi connectivity index (χ0n) is 7.13. The Labute approximate surface area is 72.5 Å². The molecule has 0 spiro atoms. The molecule has 0 fully saturated rings. The number of hydrogen-bond acceptors (Lipinski definition) is 2. The molecule has 0 aliphatic rings. The van der Waals surface area contributed by atoms with E-state index in [1.54, 1.807) is 0 Å². The second-order valence-corrected chi connectivity index (χ2v) is 1.05. The van der Waals surface area contributed by atoms with Crippen LogP contribution in [0.2, 0.25) is 0 Å². The van der Waals surface area contributed by atoms with Gasteiger partial charge in [-0.3, -0.25) is 0 Å². The van der Waals surface area contributed by atoms with Gasteiger partial charge >= 0.3 is 0 Å². The van der Waals surface area contributed by atoms with E-state index in [1.165, 1.54) is 0 Å². The first-order chi connectivity index (χ1) is 6.91. The minimum Gasteiger partial charge on any atom is -0.183 e. The van der Waals surface area contributed by atoms with E-state index in [-0.39, 0.29) is 7.02 Å². The monoisotopic (exact) mass is 186 g/mol. The third-order valence-electron chi connectivity index (χ3n) is 0.428. The van der Waals surface area contributed by atoms with E-state index in [0.717, 1.165) is 0 Å². The maximum atomic E-state index is 6.52. The van der Waals surface area contributed by atoms with Crippen molar-refractivity contribution in [1.29, 1.82) is 5.53 Å². The van der Waals surface area contributed by atoms with Crippen LogP contribution < -0.4 is 0 Å². The van der Waals surface area contributed by atoms with Crippen molar-refractivity contribution < 1.29 is 1.37 Å². The van der Waals surface area contributed by atoms with Gasteiger partial charge in [0.15, 0.2) is 0 Å². The lowest BCUT2D eigenvalue weighted by Crippen LogP contribution is -1.49. The summed E-state index contributed by atoms with van der Waals surface area (Å²) >= 11 is 0. The van der Waals surface area contributed by atoms with Crippen LogP contribution in [0.3, 0.4) is 0 Å². The summed E-state index contributed by atoms with van der Waals surface area (Å²) in [5.74, 6) is 0. The molecule has 0 saturated carbocycles. The lowest BCUT2D eigenvalue weighted by Gasteiger charge is -1.67. The maximum absolute atomic E-state index is 6.52. The largest absolute Gasteiger partial charge is 0.183 e. The van der Waals surface area contributed by atoms with Crippen LogP contribution in [-0.2, 0) is 0 Å². The fourth-order valence-corrected chi connectivity index (χ4v) is 0.174. The molecule has 0 heterocycles. The number of nitrogens with zero attached hydrogens (tertiary/aromatic N) is 11. The van der Waals surface area contributed by atoms with Crippen LogP contribution in [0.25, 0.3) is 0 Å². The van der Waals surface area contributed by atoms with E-state index in [4.69, 9.17) is 6.90 Å². The Morgan fingerprint density at radius 3 is 1.69 bits per heavy atom. The van der Waals surface area contributed by atoms with Crippen LogP contribution in [-0.4, -0.2) is 7.02 Å². The molecule has 0 radical (unpaired) electrons. The average molecular weight is 186 g/mol. The van der Waals surface area contributed by atoms with Gasteiger partial charge in [0.05, 0.1) is 7.02 Å². The Kier molecular flexibility index (Phi) is 6.42. The summed E-state index contributed by atoms with van der Waals surface area (Å²) in [5, 5.41) is 32.1. The molecule has 12 nitrogen and oxygen atoms in total. The third-order valence-corrected chi connectivity index (χ3v) is 0.428. The molecular formula is CH4N12. The van der Waals surface area contributed by atoms with Gasteiger partial charge in [0.2, 0.25) is 0 Å². The molecular weight excluding hydrogens is 180 g/mol. The zero-order valence-corrected chi connectivity index (χ0v) is 6.13. The Bertz CT molecular complexity index is 270. The minimum absolute atomic E-state index is 0.243. The topological polar surface area (TPSA) is 160 Å². The normalized spacial score (nSPS) is 14.3. The highest BCUT2D eigenvalue weighted by Gasteiger charge is 1.67.